The molecule has 98 valence electrons. The lowest BCUT2D eigenvalue weighted by molar-refractivity contribution is -0.147. The number of ether oxygens (including phenoxy) is 1. The molecule has 1 saturated heterocycles. The molecule has 1 aromatic carbocycles. The molecule has 2 rings (SSSR count). The average Bonchev–Trinajstić information content (AvgIpc) is 2.42. The van der Waals surface area contributed by atoms with Gasteiger partial charge in [-0.25, -0.2) is 4.79 Å². The maximum absolute atomic E-state index is 12.0. The van der Waals surface area contributed by atoms with Crippen LogP contribution in [0.15, 0.2) is 24.3 Å². The molecule has 18 heavy (non-hydrogen) atoms. The quantitative estimate of drug-likeness (QED) is 0.769. The van der Waals surface area contributed by atoms with E-state index < -0.39 is 0 Å². The number of benzene rings is 1. The van der Waals surface area contributed by atoms with Crippen LogP contribution < -0.4 is 0 Å². The average molecular weight is 247 g/mol. The van der Waals surface area contributed by atoms with Crippen molar-refractivity contribution in [1.29, 1.82) is 0 Å². The Morgan fingerprint density at radius 1 is 1.17 bits per heavy atom. The number of nitrogens with zero attached hydrogens (tertiary/aromatic N) is 1. The first kappa shape index (κ1) is 13.1. The van der Waals surface area contributed by atoms with Crippen molar-refractivity contribution in [3.8, 4) is 0 Å². The Balaban J connectivity index is 2.23. The van der Waals surface area contributed by atoms with Gasteiger partial charge >= 0.3 is 5.97 Å². The fraction of sp³-hybridized carbons (Fsp3) is 0.533. The highest BCUT2D eigenvalue weighted by Gasteiger charge is 2.29. The minimum absolute atomic E-state index is 0.152. The molecule has 0 amide bonds. The number of carbonyl (C=O) groups excluding carboxylic acids is 1. The highest BCUT2D eigenvalue weighted by atomic mass is 16.5. The van der Waals surface area contributed by atoms with E-state index in [4.69, 9.17) is 4.74 Å². The van der Waals surface area contributed by atoms with Gasteiger partial charge < -0.3 is 4.74 Å². The Bertz CT molecular complexity index is 393. The first-order valence-corrected chi connectivity index (χ1v) is 6.61. The smallest absolute Gasteiger partial charge is 0.327 e. The van der Waals surface area contributed by atoms with Gasteiger partial charge in [0.1, 0.15) is 6.04 Å². The molecule has 0 aliphatic carbocycles. The molecule has 0 radical (unpaired) electrons. The number of esters is 1. The van der Waals surface area contributed by atoms with Crippen LogP contribution in [0.5, 0.6) is 0 Å². The van der Waals surface area contributed by atoms with Gasteiger partial charge in [0.15, 0.2) is 0 Å². The lowest BCUT2D eigenvalue weighted by atomic mass is 10.0. The van der Waals surface area contributed by atoms with Gasteiger partial charge in [0.25, 0.3) is 0 Å². The van der Waals surface area contributed by atoms with Gasteiger partial charge in [0.2, 0.25) is 0 Å². The highest BCUT2D eigenvalue weighted by molar-refractivity contribution is 5.77. The third-order valence-corrected chi connectivity index (χ3v) is 3.57. The minimum Gasteiger partial charge on any atom is -0.468 e. The predicted octanol–water partition coefficient (Wildman–Crippen LogP) is 2.70. The van der Waals surface area contributed by atoms with Crippen molar-refractivity contribution in [2.45, 2.75) is 32.2 Å². The van der Waals surface area contributed by atoms with Crippen molar-refractivity contribution in [2.24, 2.45) is 0 Å². The van der Waals surface area contributed by atoms with Crippen LogP contribution >= 0.6 is 0 Å². The van der Waals surface area contributed by atoms with Crippen LogP contribution in [-0.2, 0) is 9.53 Å². The second-order valence-corrected chi connectivity index (χ2v) is 4.93. The highest BCUT2D eigenvalue weighted by Crippen LogP contribution is 2.26. The second-order valence-electron chi connectivity index (χ2n) is 4.93. The summed E-state index contributed by atoms with van der Waals surface area (Å²) in [5.74, 6) is -0.152. The van der Waals surface area contributed by atoms with Crippen molar-refractivity contribution >= 4 is 5.97 Å². The molecule has 3 nitrogen and oxygen atoms in total. The summed E-state index contributed by atoms with van der Waals surface area (Å²) >= 11 is 0. The molecule has 0 saturated carbocycles. The van der Waals surface area contributed by atoms with E-state index in [1.54, 1.807) is 0 Å². The van der Waals surface area contributed by atoms with Crippen LogP contribution in [0, 0.1) is 6.92 Å². The molecule has 1 unspecified atom stereocenters. The Kier molecular flexibility index (Phi) is 4.37. The number of likely N-dealkylation sites (tertiary alicyclic amines) is 1. The van der Waals surface area contributed by atoms with Gasteiger partial charge in [-0.3, -0.25) is 4.90 Å². The van der Waals surface area contributed by atoms with Crippen LogP contribution in [-0.4, -0.2) is 31.1 Å². The summed E-state index contributed by atoms with van der Waals surface area (Å²) in [6.45, 7) is 4.01. The summed E-state index contributed by atoms with van der Waals surface area (Å²) in [6.07, 6.45) is 3.59. The van der Waals surface area contributed by atoms with E-state index in [1.807, 2.05) is 12.1 Å². The second kappa shape index (κ2) is 6.01. The van der Waals surface area contributed by atoms with Gasteiger partial charge in [-0.1, -0.05) is 36.2 Å². The molecule has 0 aromatic heterocycles. The van der Waals surface area contributed by atoms with Crippen LogP contribution in [0.4, 0.5) is 0 Å². The summed E-state index contributed by atoms with van der Waals surface area (Å²) in [5.41, 5.74) is 2.25. The fourth-order valence-electron chi connectivity index (χ4n) is 2.53. The molecule has 1 atom stereocenters. The Morgan fingerprint density at radius 3 is 2.33 bits per heavy atom. The first-order chi connectivity index (χ1) is 8.72. The molecule has 1 aromatic rings. The monoisotopic (exact) mass is 247 g/mol. The fourth-order valence-corrected chi connectivity index (χ4v) is 2.53. The van der Waals surface area contributed by atoms with E-state index in [0.717, 1.165) is 18.7 Å². The van der Waals surface area contributed by atoms with E-state index in [9.17, 15) is 4.79 Å². The minimum atomic E-state index is -0.240. The first-order valence-electron chi connectivity index (χ1n) is 6.61. The number of methoxy groups -OCH3 is 1. The number of carbonyl (C=O) groups is 1. The number of hydrogen-bond acceptors (Lipinski definition) is 3. The van der Waals surface area contributed by atoms with Crippen LogP contribution in [0.1, 0.15) is 36.4 Å². The van der Waals surface area contributed by atoms with E-state index in [-0.39, 0.29) is 12.0 Å². The zero-order valence-electron chi connectivity index (χ0n) is 11.2. The molecule has 1 fully saturated rings. The van der Waals surface area contributed by atoms with Crippen LogP contribution in [0.25, 0.3) is 0 Å². The standard InChI is InChI=1S/C15H21NO2/c1-12-6-8-13(9-7-12)14(15(17)18-2)16-10-4-3-5-11-16/h6-9,14H,3-5,10-11H2,1-2H3. The predicted molar refractivity (Wildman–Crippen MR) is 71.4 cm³/mol. The Hall–Kier alpha value is -1.35. The van der Waals surface area contributed by atoms with Crippen molar-refractivity contribution in [3.63, 3.8) is 0 Å². The number of aryl methyl sites for hydroxylation is 1. The maximum Gasteiger partial charge on any atom is 0.327 e. The third kappa shape index (κ3) is 2.91. The van der Waals surface area contributed by atoms with Gasteiger partial charge in [-0.15, -0.1) is 0 Å². The van der Waals surface area contributed by atoms with Crippen molar-refractivity contribution in [1.82, 2.24) is 4.90 Å². The molecule has 3 heteroatoms. The molecule has 0 N–H and O–H groups in total. The molecule has 0 bridgehead atoms. The molecular formula is C15H21NO2. The Labute approximate surface area is 109 Å². The van der Waals surface area contributed by atoms with Gasteiger partial charge in [-0.2, -0.15) is 0 Å². The summed E-state index contributed by atoms with van der Waals surface area (Å²) in [6, 6.07) is 7.93. The summed E-state index contributed by atoms with van der Waals surface area (Å²) in [5, 5.41) is 0. The van der Waals surface area contributed by atoms with Crippen molar-refractivity contribution in [3.05, 3.63) is 35.4 Å². The van der Waals surface area contributed by atoms with Gasteiger partial charge in [0.05, 0.1) is 7.11 Å². The maximum atomic E-state index is 12.0. The zero-order valence-corrected chi connectivity index (χ0v) is 11.2. The largest absolute Gasteiger partial charge is 0.468 e. The van der Waals surface area contributed by atoms with E-state index in [2.05, 4.69) is 24.0 Å². The van der Waals surface area contributed by atoms with Crippen LogP contribution in [0.2, 0.25) is 0 Å². The Morgan fingerprint density at radius 2 is 1.78 bits per heavy atom. The SMILES string of the molecule is COC(=O)C(c1ccc(C)cc1)N1CCCCC1. The lowest BCUT2D eigenvalue weighted by Crippen LogP contribution is -2.38. The number of hydrogen-bond donors (Lipinski definition) is 0. The van der Waals surface area contributed by atoms with Crippen molar-refractivity contribution < 1.29 is 9.53 Å². The summed E-state index contributed by atoms with van der Waals surface area (Å²) < 4.78 is 4.97. The number of rotatable bonds is 3. The third-order valence-electron chi connectivity index (χ3n) is 3.57. The molecule has 1 heterocycles. The van der Waals surface area contributed by atoms with Gasteiger partial charge in [0, 0.05) is 0 Å². The van der Waals surface area contributed by atoms with Crippen LogP contribution in [0.3, 0.4) is 0 Å². The molecule has 1 aliphatic heterocycles. The number of piperidine rings is 1. The van der Waals surface area contributed by atoms with E-state index in [0.29, 0.717) is 0 Å². The van der Waals surface area contributed by atoms with Gasteiger partial charge in [-0.05, 0) is 38.4 Å². The topological polar surface area (TPSA) is 29.5 Å². The molecule has 0 spiro atoms. The summed E-state index contributed by atoms with van der Waals surface area (Å²) in [4.78, 5) is 14.3. The summed E-state index contributed by atoms with van der Waals surface area (Å²) in [7, 11) is 1.47. The van der Waals surface area contributed by atoms with Crippen molar-refractivity contribution in [2.75, 3.05) is 20.2 Å². The van der Waals surface area contributed by atoms with E-state index >= 15 is 0 Å². The lowest BCUT2D eigenvalue weighted by Gasteiger charge is -2.33. The molecular weight excluding hydrogens is 226 g/mol. The normalized spacial score (nSPS) is 18.3. The zero-order chi connectivity index (χ0) is 13.0. The molecule has 1 aliphatic rings. The van der Waals surface area contributed by atoms with E-state index in [1.165, 1.54) is 31.9 Å².